The maximum Gasteiger partial charge on any atom is 0.193 e. The van der Waals surface area contributed by atoms with Gasteiger partial charge in [-0.1, -0.05) is 30.7 Å². The standard InChI is InChI=1S/C20H20N2O/c21-14-16-8-10-17(11-9-16)20(23)19-7-3-2-6-18(19)15-22-12-4-1-5-13-22/h2-3,6-11H,1,4-5,12-13,15H2. The highest BCUT2D eigenvalue weighted by atomic mass is 16.1. The molecule has 0 amide bonds. The number of rotatable bonds is 4. The normalized spacial score (nSPS) is 15.1. The maximum absolute atomic E-state index is 12.8. The number of hydrogen-bond acceptors (Lipinski definition) is 3. The molecule has 0 aliphatic carbocycles. The summed E-state index contributed by atoms with van der Waals surface area (Å²) in [6, 6.07) is 16.8. The van der Waals surface area contributed by atoms with Gasteiger partial charge >= 0.3 is 0 Å². The van der Waals surface area contributed by atoms with Gasteiger partial charge in [0.1, 0.15) is 0 Å². The third-order valence-electron chi connectivity index (χ3n) is 4.38. The topological polar surface area (TPSA) is 44.1 Å². The average Bonchev–Trinajstić information content (AvgIpc) is 2.62. The Bertz CT molecular complexity index is 722. The second-order valence-corrected chi connectivity index (χ2v) is 6.01. The molecule has 0 saturated carbocycles. The van der Waals surface area contributed by atoms with E-state index in [2.05, 4.69) is 11.0 Å². The number of benzene rings is 2. The molecular formula is C20H20N2O. The maximum atomic E-state index is 12.8. The van der Waals surface area contributed by atoms with E-state index in [-0.39, 0.29) is 5.78 Å². The van der Waals surface area contributed by atoms with Crippen molar-refractivity contribution in [1.29, 1.82) is 5.26 Å². The Balaban J connectivity index is 1.83. The summed E-state index contributed by atoms with van der Waals surface area (Å²) in [7, 11) is 0. The zero-order chi connectivity index (χ0) is 16.1. The highest BCUT2D eigenvalue weighted by Gasteiger charge is 2.16. The molecule has 2 aromatic carbocycles. The molecular weight excluding hydrogens is 284 g/mol. The van der Waals surface area contributed by atoms with Crippen molar-refractivity contribution in [3.05, 3.63) is 70.8 Å². The summed E-state index contributed by atoms with van der Waals surface area (Å²) in [5, 5.41) is 8.87. The predicted octanol–water partition coefficient (Wildman–Crippen LogP) is 3.78. The summed E-state index contributed by atoms with van der Waals surface area (Å²) in [5.41, 5.74) is 3.06. The third-order valence-corrected chi connectivity index (χ3v) is 4.38. The van der Waals surface area contributed by atoms with Crippen molar-refractivity contribution >= 4 is 5.78 Å². The van der Waals surface area contributed by atoms with Crippen molar-refractivity contribution in [3.63, 3.8) is 0 Å². The molecule has 1 heterocycles. The Morgan fingerprint density at radius 3 is 2.39 bits per heavy atom. The van der Waals surface area contributed by atoms with Crippen LogP contribution in [0.25, 0.3) is 0 Å². The van der Waals surface area contributed by atoms with Gasteiger partial charge in [0.05, 0.1) is 11.6 Å². The molecule has 3 heteroatoms. The Kier molecular flexibility index (Phi) is 4.85. The van der Waals surface area contributed by atoms with Crippen LogP contribution < -0.4 is 0 Å². The van der Waals surface area contributed by atoms with Crippen molar-refractivity contribution < 1.29 is 4.79 Å². The van der Waals surface area contributed by atoms with Crippen molar-refractivity contribution in [2.75, 3.05) is 13.1 Å². The zero-order valence-electron chi connectivity index (χ0n) is 13.2. The quantitative estimate of drug-likeness (QED) is 0.808. The summed E-state index contributed by atoms with van der Waals surface area (Å²) in [4.78, 5) is 15.2. The molecule has 1 saturated heterocycles. The molecule has 0 spiro atoms. The fourth-order valence-electron chi connectivity index (χ4n) is 3.09. The van der Waals surface area contributed by atoms with E-state index < -0.39 is 0 Å². The Labute approximate surface area is 137 Å². The van der Waals surface area contributed by atoms with E-state index in [0.717, 1.165) is 30.8 Å². The Hall–Kier alpha value is -2.44. The lowest BCUT2D eigenvalue weighted by atomic mass is 9.97. The lowest BCUT2D eigenvalue weighted by Gasteiger charge is -2.27. The van der Waals surface area contributed by atoms with E-state index in [1.165, 1.54) is 19.3 Å². The van der Waals surface area contributed by atoms with Crippen LogP contribution in [-0.4, -0.2) is 23.8 Å². The van der Waals surface area contributed by atoms with Crippen LogP contribution in [0.1, 0.15) is 46.3 Å². The van der Waals surface area contributed by atoms with Gasteiger partial charge < -0.3 is 0 Å². The fourth-order valence-corrected chi connectivity index (χ4v) is 3.09. The molecule has 3 nitrogen and oxygen atoms in total. The molecule has 1 aliphatic heterocycles. The van der Waals surface area contributed by atoms with E-state index in [9.17, 15) is 4.79 Å². The van der Waals surface area contributed by atoms with Crippen LogP contribution in [0.15, 0.2) is 48.5 Å². The molecule has 0 atom stereocenters. The molecule has 3 rings (SSSR count). The van der Waals surface area contributed by atoms with Gasteiger partial charge in [0.25, 0.3) is 0 Å². The van der Waals surface area contributed by atoms with Crippen molar-refractivity contribution in [2.45, 2.75) is 25.8 Å². The van der Waals surface area contributed by atoms with E-state index in [4.69, 9.17) is 5.26 Å². The van der Waals surface area contributed by atoms with Crippen LogP contribution in [-0.2, 0) is 6.54 Å². The summed E-state index contributed by atoms with van der Waals surface area (Å²) in [6.07, 6.45) is 3.79. The lowest BCUT2D eigenvalue weighted by Crippen LogP contribution is -2.29. The molecule has 0 radical (unpaired) electrons. The number of nitrogens with zero attached hydrogens (tertiary/aromatic N) is 2. The second-order valence-electron chi connectivity index (χ2n) is 6.01. The minimum Gasteiger partial charge on any atom is -0.299 e. The van der Waals surface area contributed by atoms with Crippen LogP contribution in [0.5, 0.6) is 0 Å². The molecule has 0 unspecified atom stereocenters. The smallest absolute Gasteiger partial charge is 0.193 e. The monoisotopic (exact) mass is 304 g/mol. The first-order valence-electron chi connectivity index (χ1n) is 8.13. The van der Waals surface area contributed by atoms with Crippen molar-refractivity contribution in [3.8, 4) is 6.07 Å². The summed E-state index contributed by atoms with van der Waals surface area (Å²) in [6.45, 7) is 3.05. The highest BCUT2D eigenvalue weighted by Crippen LogP contribution is 2.19. The van der Waals surface area contributed by atoms with E-state index in [0.29, 0.717) is 11.1 Å². The fraction of sp³-hybridized carbons (Fsp3) is 0.300. The van der Waals surface area contributed by atoms with Gasteiger partial charge in [-0.25, -0.2) is 0 Å². The molecule has 0 aromatic heterocycles. The molecule has 116 valence electrons. The summed E-state index contributed by atoms with van der Waals surface area (Å²) >= 11 is 0. The van der Waals surface area contributed by atoms with E-state index in [1.807, 2.05) is 24.3 Å². The Morgan fingerprint density at radius 1 is 1.00 bits per heavy atom. The zero-order valence-corrected chi connectivity index (χ0v) is 13.2. The van der Waals surface area contributed by atoms with Crippen molar-refractivity contribution in [1.82, 2.24) is 4.90 Å². The molecule has 2 aromatic rings. The van der Waals surface area contributed by atoms with Gasteiger partial charge in [0.15, 0.2) is 5.78 Å². The van der Waals surface area contributed by atoms with Crippen LogP contribution in [0.3, 0.4) is 0 Å². The van der Waals surface area contributed by atoms with Gasteiger partial charge in [0, 0.05) is 17.7 Å². The second kappa shape index (κ2) is 7.21. The summed E-state index contributed by atoms with van der Waals surface area (Å²) in [5.74, 6) is 0.0297. The predicted molar refractivity (Wildman–Crippen MR) is 90.2 cm³/mol. The largest absolute Gasteiger partial charge is 0.299 e. The van der Waals surface area contributed by atoms with Crippen LogP contribution in [0.4, 0.5) is 0 Å². The number of carbonyl (C=O) groups is 1. The number of nitriles is 1. The molecule has 0 bridgehead atoms. The number of likely N-dealkylation sites (tertiary alicyclic amines) is 1. The number of hydrogen-bond donors (Lipinski definition) is 0. The molecule has 0 N–H and O–H groups in total. The van der Waals surface area contributed by atoms with Gasteiger partial charge in [-0.3, -0.25) is 9.69 Å². The van der Waals surface area contributed by atoms with Crippen molar-refractivity contribution in [2.24, 2.45) is 0 Å². The minimum atomic E-state index is 0.0297. The van der Waals surface area contributed by atoms with Gasteiger partial charge in [-0.05, 0) is 55.8 Å². The van der Waals surface area contributed by atoms with Gasteiger partial charge in [-0.2, -0.15) is 5.26 Å². The first-order valence-corrected chi connectivity index (χ1v) is 8.13. The van der Waals surface area contributed by atoms with Crippen LogP contribution in [0, 0.1) is 11.3 Å². The number of carbonyl (C=O) groups excluding carboxylic acids is 1. The minimum absolute atomic E-state index is 0.0297. The molecule has 1 fully saturated rings. The first-order chi connectivity index (χ1) is 11.3. The number of piperidine rings is 1. The Morgan fingerprint density at radius 2 is 1.70 bits per heavy atom. The highest BCUT2D eigenvalue weighted by molar-refractivity contribution is 6.09. The molecule has 23 heavy (non-hydrogen) atoms. The van der Waals surface area contributed by atoms with Crippen LogP contribution >= 0.6 is 0 Å². The van der Waals surface area contributed by atoms with Gasteiger partial charge in [0.2, 0.25) is 0 Å². The third kappa shape index (κ3) is 3.67. The average molecular weight is 304 g/mol. The first kappa shape index (κ1) is 15.5. The number of ketones is 1. The SMILES string of the molecule is N#Cc1ccc(C(=O)c2ccccc2CN2CCCCC2)cc1. The summed E-state index contributed by atoms with van der Waals surface area (Å²) < 4.78 is 0. The molecule has 1 aliphatic rings. The van der Waals surface area contributed by atoms with E-state index in [1.54, 1.807) is 24.3 Å². The van der Waals surface area contributed by atoms with E-state index >= 15 is 0 Å². The van der Waals surface area contributed by atoms with Crippen LogP contribution in [0.2, 0.25) is 0 Å². The van der Waals surface area contributed by atoms with Gasteiger partial charge in [-0.15, -0.1) is 0 Å². The lowest BCUT2D eigenvalue weighted by molar-refractivity contribution is 0.103.